The number of fused-ring (bicyclic) bond motifs is 1. The molecule has 3 heteroatoms. The number of aliphatic hydroxyl groups is 1. The van der Waals surface area contributed by atoms with Crippen LogP contribution in [0.25, 0.3) is 10.8 Å². The number of nitrogens with two attached hydrogens (primary N) is 1. The molecule has 108 valence electrons. The molecule has 0 fully saturated rings. The minimum Gasteiger partial charge on any atom is -0.494 e. The fraction of sp³-hybridized carbons (Fsp3) is 0.412. The predicted octanol–water partition coefficient (Wildman–Crippen LogP) is 3.40. The Hall–Kier alpha value is -1.58. The summed E-state index contributed by atoms with van der Waals surface area (Å²) in [5.41, 5.74) is 7.20. The van der Waals surface area contributed by atoms with Crippen molar-refractivity contribution in [2.24, 2.45) is 5.73 Å². The second-order valence-electron chi connectivity index (χ2n) is 5.01. The Morgan fingerprint density at radius 3 is 2.60 bits per heavy atom. The van der Waals surface area contributed by atoms with Crippen LogP contribution < -0.4 is 10.5 Å². The van der Waals surface area contributed by atoms with E-state index in [1.54, 1.807) is 0 Å². The van der Waals surface area contributed by atoms with Crippen molar-refractivity contribution in [2.45, 2.75) is 38.8 Å². The van der Waals surface area contributed by atoms with Gasteiger partial charge < -0.3 is 15.6 Å². The molecule has 20 heavy (non-hydrogen) atoms. The zero-order valence-corrected chi connectivity index (χ0v) is 12.2. The Kier molecular flexibility index (Phi) is 4.99. The number of rotatable bonds is 6. The van der Waals surface area contributed by atoms with Crippen LogP contribution in [0.5, 0.6) is 5.75 Å². The van der Waals surface area contributed by atoms with Gasteiger partial charge in [0.05, 0.1) is 18.8 Å². The molecule has 2 rings (SSSR count). The third-order valence-electron chi connectivity index (χ3n) is 3.56. The van der Waals surface area contributed by atoms with Crippen LogP contribution in [0.4, 0.5) is 0 Å². The van der Waals surface area contributed by atoms with Crippen LogP contribution in [-0.4, -0.2) is 17.8 Å². The summed E-state index contributed by atoms with van der Waals surface area (Å²) in [6.07, 6.45) is 1.05. The molecule has 3 N–H and O–H groups in total. The first-order chi connectivity index (χ1) is 9.69. The van der Waals surface area contributed by atoms with Crippen LogP contribution in [0.3, 0.4) is 0 Å². The fourth-order valence-corrected chi connectivity index (χ4v) is 2.57. The van der Waals surface area contributed by atoms with Gasteiger partial charge in [0, 0.05) is 5.56 Å². The van der Waals surface area contributed by atoms with Gasteiger partial charge in [-0.2, -0.15) is 0 Å². The zero-order valence-electron chi connectivity index (χ0n) is 12.2. The highest BCUT2D eigenvalue weighted by molar-refractivity contribution is 5.88. The standard InChI is InChI=1S/C17H23NO2/c1-3-7-14(19)17(18)16-13-9-6-5-8-12(13)10-11-15(16)20-4-2/h5-6,8-11,14,17,19H,3-4,7,18H2,1-2H3/t14-,17-/m1/s1. The minimum atomic E-state index is -0.551. The number of ether oxygens (including phenoxy) is 1. The third-order valence-corrected chi connectivity index (χ3v) is 3.56. The van der Waals surface area contributed by atoms with Gasteiger partial charge >= 0.3 is 0 Å². The lowest BCUT2D eigenvalue weighted by Gasteiger charge is -2.23. The highest BCUT2D eigenvalue weighted by atomic mass is 16.5. The van der Waals surface area contributed by atoms with Gasteiger partial charge in [-0.05, 0) is 30.2 Å². The lowest BCUT2D eigenvalue weighted by molar-refractivity contribution is 0.133. The Labute approximate surface area is 120 Å². The molecule has 2 aromatic rings. The molecular formula is C17H23NO2. The maximum Gasteiger partial charge on any atom is 0.124 e. The normalized spacial score (nSPS) is 14.2. The Morgan fingerprint density at radius 1 is 1.15 bits per heavy atom. The molecule has 0 saturated carbocycles. The summed E-state index contributed by atoms with van der Waals surface area (Å²) >= 11 is 0. The van der Waals surface area contributed by atoms with E-state index in [4.69, 9.17) is 10.5 Å². The van der Waals surface area contributed by atoms with Gasteiger partial charge in [-0.1, -0.05) is 43.7 Å². The highest BCUT2D eigenvalue weighted by Gasteiger charge is 2.22. The fourth-order valence-electron chi connectivity index (χ4n) is 2.57. The maximum atomic E-state index is 10.2. The van der Waals surface area contributed by atoms with Gasteiger partial charge in [0.1, 0.15) is 5.75 Å². The first kappa shape index (κ1) is 14.8. The molecule has 2 atom stereocenters. The van der Waals surface area contributed by atoms with Crippen molar-refractivity contribution >= 4 is 10.8 Å². The molecule has 0 aromatic heterocycles. The molecule has 3 nitrogen and oxygen atoms in total. The SMILES string of the molecule is CCC[C@@H](O)[C@@H](N)c1c(OCC)ccc2ccccc12. The van der Waals surface area contributed by atoms with Crippen LogP contribution in [0.2, 0.25) is 0 Å². The molecule has 0 spiro atoms. The Bertz CT molecular complexity index is 568. The van der Waals surface area contributed by atoms with E-state index in [9.17, 15) is 5.11 Å². The van der Waals surface area contributed by atoms with E-state index in [1.165, 1.54) is 0 Å². The Balaban J connectivity index is 2.54. The molecule has 0 saturated heterocycles. The summed E-state index contributed by atoms with van der Waals surface area (Å²) in [6, 6.07) is 11.6. The largest absolute Gasteiger partial charge is 0.494 e. The van der Waals surface area contributed by atoms with E-state index in [1.807, 2.05) is 50.2 Å². The third kappa shape index (κ3) is 2.94. The number of hydrogen-bond acceptors (Lipinski definition) is 3. The van der Waals surface area contributed by atoms with Crippen molar-refractivity contribution in [3.05, 3.63) is 42.0 Å². The summed E-state index contributed by atoms with van der Waals surface area (Å²) in [5.74, 6) is 0.772. The van der Waals surface area contributed by atoms with Crippen molar-refractivity contribution in [2.75, 3.05) is 6.61 Å². The van der Waals surface area contributed by atoms with E-state index >= 15 is 0 Å². The second kappa shape index (κ2) is 6.73. The van der Waals surface area contributed by atoms with Crippen LogP contribution in [-0.2, 0) is 0 Å². The molecule has 0 bridgehead atoms. The molecule has 2 aromatic carbocycles. The average molecular weight is 273 g/mol. The molecular weight excluding hydrogens is 250 g/mol. The average Bonchev–Trinajstić information content (AvgIpc) is 2.47. The molecule has 0 heterocycles. The molecule has 0 aliphatic carbocycles. The molecule has 0 amide bonds. The summed E-state index contributed by atoms with van der Waals surface area (Å²) in [4.78, 5) is 0. The van der Waals surface area contributed by atoms with E-state index < -0.39 is 12.1 Å². The summed E-state index contributed by atoms with van der Waals surface area (Å²) in [7, 11) is 0. The molecule has 0 aliphatic rings. The summed E-state index contributed by atoms with van der Waals surface area (Å²) in [5, 5.41) is 12.4. The van der Waals surface area contributed by atoms with Crippen LogP contribution >= 0.6 is 0 Å². The Morgan fingerprint density at radius 2 is 1.90 bits per heavy atom. The number of aliphatic hydroxyl groups excluding tert-OH is 1. The second-order valence-corrected chi connectivity index (χ2v) is 5.01. The molecule has 0 radical (unpaired) electrons. The maximum absolute atomic E-state index is 10.2. The van der Waals surface area contributed by atoms with Gasteiger partial charge in [-0.15, -0.1) is 0 Å². The first-order valence-corrected chi connectivity index (χ1v) is 7.27. The quantitative estimate of drug-likeness (QED) is 0.848. The van der Waals surface area contributed by atoms with Crippen molar-refractivity contribution < 1.29 is 9.84 Å². The summed E-state index contributed by atoms with van der Waals surface area (Å²) < 4.78 is 5.70. The van der Waals surface area contributed by atoms with Crippen LogP contribution in [0, 0.1) is 0 Å². The predicted molar refractivity (Wildman–Crippen MR) is 83.0 cm³/mol. The van der Waals surface area contributed by atoms with E-state index in [0.717, 1.165) is 28.5 Å². The van der Waals surface area contributed by atoms with Crippen LogP contribution in [0.15, 0.2) is 36.4 Å². The smallest absolute Gasteiger partial charge is 0.124 e. The van der Waals surface area contributed by atoms with Crippen molar-refractivity contribution in [1.82, 2.24) is 0 Å². The number of benzene rings is 2. The first-order valence-electron chi connectivity index (χ1n) is 7.27. The molecule has 0 unspecified atom stereocenters. The topological polar surface area (TPSA) is 55.5 Å². The number of hydrogen-bond donors (Lipinski definition) is 2. The van der Waals surface area contributed by atoms with E-state index in [0.29, 0.717) is 13.0 Å². The van der Waals surface area contributed by atoms with E-state index in [2.05, 4.69) is 0 Å². The zero-order chi connectivity index (χ0) is 14.5. The lowest BCUT2D eigenvalue weighted by Crippen LogP contribution is -2.26. The molecule has 0 aliphatic heterocycles. The summed E-state index contributed by atoms with van der Waals surface area (Å²) in [6.45, 7) is 4.58. The lowest BCUT2D eigenvalue weighted by atomic mass is 9.93. The van der Waals surface area contributed by atoms with Gasteiger partial charge in [0.25, 0.3) is 0 Å². The minimum absolute atomic E-state index is 0.428. The van der Waals surface area contributed by atoms with Gasteiger partial charge in [-0.3, -0.25) is 0 Å². The van der Waals surface area contributed by atoms with Gasteiger partial charge in [0.15, 0.2) is 0 Å². The monoisotopic (exact) mass is 273 g/mol. The van der Waals surface area contributed by atoms with Crippen molar-refractivity contribution in [3.63, 3.8) is 0 Å². The highest BCUT2D eigenvalue weighted by Crippen LogP contribution is 2.34. The van der Waals surface area contributed by atoms with Gasteiger partial charge in [0.2, 0.25) is 0 Å². The van der Waals surface area contributed by atoms with Crippen molar-refractivity contribution in [3.8, 4) is 5.75 Å². The van der Waals surface area contributed by atoms with E-state index in [-0.39, 0.29) is 0 Å². The van der Waals surface area contributed by atoms with Gasteiger partial charge in [-0.25, -0.2) is 0 Å². The van der Waals surface area contributed by atoms with Crippen molar-refractivity contribution in [1.29, 1.82) is 0 Å². The van der Waals surface area contributed by atoms with Crippen LogP contribution in [0.1, 0.15) is 38.3 Å².